The molecule has 0 unspecified atom stereocenters. The van der Waals surface area contributed by atoms with Crippen LogP contribution in [0.15, 0.2) is 65.0 Å². The van der Waals surface area contributed by atoms with Crippen LogP contribution in [0.25, 0.3) is 6.08 Å². The average Bonchev–Trinajstić information content (AvgIpc) is 2.98. The third-order valence-electron chi connectivity index (χ3n) is 4.04. The van der Waals surface area contributed by atoms with Crippen LogP contribution < -0.4 is 9.47 Å². The SMILES string of the molecule is C=CCN1C(=O)/C(=C/c2ccc(OCC)c(OC)c2)SC1=Nc1cccc(O)c1. The van der Waals surface area contributed by atoms with Gasteiger partial charge in [0.05, 0.1) is 24.3 Å². The molecule has 0 bridgehead atoms. The van der Waals surface area contributed by atoms with Crippen molar-refractivity contribution in [1.29, 1.82) is 0 Å². The molecule has 1 saturated heterocycles. The Morgan fingerprint density at radius 3 is 2.76 bits per heavy atom. The van der Waals surface area contributed by atoms with Crippen LogP contribution in [-0.4, -0.2) is 41.3 Å². The number of hydrogen-bond donors (Lipinski definition) is 1. The highest BCUT2D eigenvalue weighted by Crippen LogP contribution is 2.36. The van der Waals surface area contributed by atoms with E-state index in [1.54, 1.807) is 48.4 Å². The van der Waals surface area contributed by atoms with Gasteiger partial charge in [0, 0.05) is 12.6 Å². The zero-order valence-electron chi connectivity index (χ0n) is 16.3. The zero-order chi connectivity index (χ0) is 20.8. The molecule has 150 valence electrons. The van der Waals surface area contributed by atoms with Gasteiger partial charge in [0.2, 0.25) is 0 Å². The average molecular weight is 410 g/mol. The number of rotatable bonds is 7. The number of ether oxygens (including phenoxy) is 2. The number of methoxy groups -OCH3 is 1. The lowest BCUT2D eigenvalue weighted by Gasteiger charge is -2.12. The number of amidine groups is 1. The number of nitrogens with zero attached hydrogens (tertiary/aromatic N) is 2. The lowest BCUT2D eigenvalue weighted by Crippen LogP contribution is -2.29. The number of thioether (sulfide) groups is 1. The van der Waals surface area contributed by atoms with E-state index in [2.05, 4.69) is 11.6 Å². The normalized spacial score (nSPS) is 16.5. The summed E-state index contributed by atoms with van der Waals surface area (Å²) >= 11 is 1.28. The third-order valence-corrected chi connectivity index (χ3v) is 5.05. The van der Waals surface area contributed by atoms with Gasteiger partial charge in [0.1, 0.15) is 5.75 Å². The second kappa shape index (κ2) is 9.34. The predicted molar refractivity (Wildman–Crippen MR) is 117 cm³/mol. The van der Waals surface area contributed by atoms with E-state index in [4.69, 9.17) is 9.47 Å². The van der Waals surface area contributed by atoms with E-state index in [1.165, 1.54) is 11.8 Å². The molecule has 7 heteroatoms. The van der Waals surface area contributed by atoms with Gasteiger partial charge in [-0.05, 0) is 54.6 Å². The van der Waals surface area contributed by atoms with Crippen molar-refractivity contribution in [3.63, 3.8) is 0 Å². The van der Waals surface area contributed by atoms with Gasteiger partial charge in [-0.2, -0.15) is 0 Å². The summed E-state index contributed by atoms with van der Waals surface area (Å²) in [6.45, 7) is 6.51. The van der Waals surface area contributed by atoms with Crippen LogP contribution in [0.1, 0.15) is 12.5 Å². The van der Waals surface area contributed by atoms with E-state index in [1.807, 2.05) is 25.1 Å². The van der Waals surface area contributed by atoms with Crippen molar-refractivity contribution in [3.8, 4) is 17.2 Å². The second-order valence-electron chi connectivity index (χ2n) is 6.07. The molecular formula is C22H22N2O4S. The minimum absolute atomic E-state index is 0.119. The Hall–Kier alpha value is -3.19. The Morgan fingerprint density at radius 2 is 2.07 bits per heavy atom. The fraction of sp³-hybridized carbons (Fsp3) is 0.182. The first kappa shape index (κ1) is 20.5. The molecule has 0 spiro atoms. The second-order valence-corrected chi connectivity index (χ2v) is 7.08. The van der Waals surface area contributed by atoms with E-state index >= 15 is 0 Å². The molecule has 2 aromatic rings. The highest BCUT2D eigenvalue weighted by molar-refractivity contribution is 8.18. The van der Waals surface area contributed by atoms with Crippen LogP contribution in [0.2, 0.25) is 0 Å². The summed E-state index contributed by atoms with van der Waals surface area (Å²) in [5.74, 6) is 1.23. The van der Waals surface area contributed by atoms with Crippen molar-refractivity contribution in [1.82, 2.24) is 4.90 Å². The molecule has 2 aromatic carbocycles. The molecule has 29 heavy (non-hydrogen) atoms. The van der Waals surface area contributed by atoms with Crippen molar-refractivity contribution in [2.45, 2.75) is 6.92 Å². The molecule has 0 atom stereocenters. The number of amides is 1. The first-order chi connectivity index (χ1) is 14.0. The van der Waals surface area contributed by atoms with E-state index in [9.17, 15) is 9.90 Å². The van der Waals surface area contributed by atoms with Crippen molar-refractivity contribution < 1.29 is 19.4 Å². The molecule has 0 aliphatic carbocycles. The zero-order valence-corrected chi connectivity index (χ0v) is 17.1. The number of hydrogen-bond acceptors (Lipinski definition) is 6. The molecule has 1 amide bonds. The molecule has 1 heterocycles. The van der Waals surface area contributed by atoms with Crippen LogP contribution in [0, 0.1) is 0 Å². The molecule has 0 saturated carbocycles. The number of carbonyl (C=O) groups excluding carboxylic acids is 1. The number of benzene rings is 2. The van der Waals surface area contributed by atoms with Gasteiger partial charge in [-0.15, -0.1) is 6.58 Å². The molecule has 1 aliphatic rings. The largest absolute Gasteiger partial charge is 0.508 e. The molecule has 1 aliphatic heterocycles. The maximum atomic E-state index is 12.9. The van der Waals surface area contributed by atoms with Crippen LogP contribution in [0.4, 0.5) is 5.69 Å². The van der Waals surface area contributed by atoms with Gasteiger partial charge in [-0.25, -0.2) is 4.99 Å². The Bertz CT molecular complexity index is 985. The molecule has 0 aromatic heterocycles. The number of carbonyl (C=O) groups is 1. The Kier molecular flexibility index (Phi) is 6.61. The minimum atomic E-state index is -0.151. The first-order valence-electron chi connectivity index (χ1n) is 9.06. The standard InChI is InChI=1S/C22H22N2O4S/c1-4-11-24-21(26)20(29-22(24)23-16-7-6-8-17(25)14-16)13-15-9-10-18(28-5-2)19(12-15)27-3/h4,6-10,12-14,25H,1,5,11H2,2-3H3/b20-13-,23-22?. The van der Waals surface area contributed by atoms with Gasteiger partial charge in [0.25, 0.3) is 5.91 Å². The van der Waals surface area contributed by atoms with Gasteiger partial charge in [-0.3, -0.25) is 9.69 Å². The molecular weight excluding hydrogens is 388 g/mol. The summed E-state index contributed by atoms with van der Waals surface area (Å²) in [5, 5.41) is 10.2. The first-order valence-corrected chi connectivity index (χ1v) is 9.88. The lowest BCUT2D eigenvalue weighted by atomic mass is 10.2. The minimum Gasteiger partial charge on any atom is -0.508 e. The Labute approximate surface area is 174 Å². The summed E-state index contributed by atoms with van der Waals surface area (Å²) in [7, 11) is 1.58. The fourth-order valence-corrected chi connectivity index (χ4v) is 3.76. The van der Waals surface area contributed by atoms with E-state index < -0.39 is 0 Å². The third kappa shape index (κ3) is 4.81. The summed E-state index contributed by atoms with van der Waals surface area (Å²) in [6, 6.07) is 12.1. The monoisotopic (exact) mass is 410 g/mol. The molecule has 0 radical (unpaired) electrons. The summed E-state index contributed by atoms with van der Waals surface area (Å²) in [5.41, 5.74) is 1.39. The number of phenolic OH excluding ortho intramolecular Hbond substituents is 1. The van der Waals surface area contributed by atoms with Gasteiger partial charge in [-0.1, -0.05) is 18.2 Å². The summed E-state index contributed by atoms with van der Waals surface area (Å²) in [6.07, 6.45) is 3.45. The van der Waals surface area contributed by atoms with Crippen LogP contribution in [0.5, 0.6) is 17.2 Å². The summed E-state index contributed by atoms with van der Waals surface area (Å²) < 4.78 is 10.9. The number of aromatic hydroxyl groups is 1. The lowest BCUT2D eigenvalue weighted by molar-refractivity contribution is -0.121. The molecule has 3 rings (SSSR count). The van der Waals surface area contributed by atoms with Crippen molar-refractivity contribution >= 4 is 34.6 Å². The van der Waals surface area contributed by atoms with Crippen LogP contribution in [0.3, 0.4) is 0 Å². The van der Waals surface area contributed by atoms with Crippen LogP contribution in [-0.2, 0) is 4.79 Å². The maximum Gasteiger partial charge on any atom is 0.267 e. The van der Waals surface area contributed by atoms with Crippen molar-refractivity contribution in [3.05, 3.63) is 65.6 Å². The van der Waals surface area contributed by atoms with E-state index in [0.717, 1.165) is 5.56 Å². The topological polar surface area (TPSA) is 71.4 Å². The smallest absolute Gasteiger partial charge is 0.267 e. The molecule has 6 nitrogen and oxygen atoms in total. The quantitative estimate of drug-likeness (QED) is 0.534. The highest BCUT2D eigenvalue weighted by atomic mass is 32.2. The predicted octanol–water partition coefficient (Wildman–Crippen LogP) is 4.59. The molecule has 1 fully saturated rings. The summed E-state index contributed by atoms with van der Waals surface area (Å²) in [4.78, 5) is 19.5. The van der Waals surface area contributed by atoms with Crippen molar-refractivity contribution in [2.75, 3.05) is 20.3 Å². The Morgan fingerprint density at radius 1 is 1.24 bits per heavy atom. The van der Waals surface area contributed by atoms with E-state index in [0.29, 0.717) is 40.4 Å². The van der Waals surface area contributed by atoms with Crippen molar-refractivity contribution in [2.24, 2.45) is 4.99 Å². The number of aliphatic imine (C=N–C) groups is 1. The van der Waals surface area contributed by atoms with Crippen LogP contribution >= 0.6 is 11.8 Å². The number of phenols is 1. The maximum absolute atomic E-state index is 12.9. The highest BCUT2D eigenvalue weighted by Gasteiger charge is 2.32. The van der Waals surface area contributed by atoms with Gasteiger partial charge in [0.15, 0.2) is 16.7 Å². The molecule has 1 N–H and O–H groups in total. The van der Waals surface area contributed by atoms with Gasteiger partial charge < -0.3 is 14.6 Å². The van der Waals surface area contributed by atoms with E-state index in [-0.39, 0.29) is 11.7 Å². The van der Waals surface area contributed by atoms with Gasteiger partial charge >= 0.3 is 0 Å². The Balaban J connectivity index is 1.94. The fourth-order valence-electron chi connectivity index (χ4n) is 2.75.